The molecule has 0 aromatic heterocycles. The van der Waals surface area contributed by atoms with Gasteiger partial charge in [-0.2, -0.15) is 0 Å². The summed E-state index contributed by atoms with van der Waals surface area (Å²) in [5, 5.41) is 20.5. The van der Waals surface area contributed by atoms with Crippen LogP contribution < -0.4 is 9.47 Å². The molecule has 0 saturated carbocycles. The summed E-state index contributed by atoms with van der Waals surface area (Å²) in [5.74, 6) is 0.771. The van der Waals surface area contributed by atoms with Crippen LogP contribution in [0.25, 0.3) is 6.08 Å². The van der Waals surface area contributed by atoms with E-state index >= 15 is 0 Å². The Balaban J connectivity index is 2.15. The molecule has 2 aromatic carbocycles. The Morgan fingerprint density at radius 2 is 1.87 bits per heavy atom. The topological polar surface area (TPSA) is 76.0 Å². The van der Waals surface area contributed by atoms with Crippen LogP contribution in [-0.2, 0) is 12.8 Å². The number of carbonyl (C=O) groups is 1. The number of rotatable bonds is 6. The summed E-state index contributed by atoms with van der Waals surface area (Å²) < 4.78 is 11.9. The van der Waals surface area contributed by atoms with Gasteiger partial charge in [0.05, 0.1) is 7.11 Å². The zero-order valence-corrected chi connectivity index (χ0v) is 18.8. The van der Waals surface area contributed by atoms with Gasteiger partial charge >= 0.3 is 0 Å². The Kier molecular flexibility index (Phi) is 6.44. The van der Waals surface area contributed by atoms with Crippen LogP contribution in [0.2, 0.25) is 0 Å². The number of carbonyl (C=O) groups excluding carboxylic acids is 1. The Morgan fingerprint density at radius 3 is 2.48 bits per heavy atom. The Bertz CT molecular complexity index is 1040. The van der Waals surface area contributed by atoms with Crippen molar-refractivity contribution in [3.05, 3.63) is 64.2 Å². The molecule has 1 aliphatic heterocycles. The summed E-state index contributed by atoms with van der Waals surface area (Å²) >= 11 is 0. The van der Waals surface area contributed by atoms with Crippen LogP contribution >= 0.6 is 0 Å². The first kappa shape index (κ1) is 22.5. The van der Waals surface area contributed by atoms with Crippen LogP contribution in [0.5, 0.6) is 23.0 Å². The smallest absolute Gasteiger partial charge is 0.193 e. The fourth-order valence-corrected chi connectivity index (χ4v) is 3.69. The van der Waals surface area contributed by atoms with Gasteiger partial charge in [-0.3, -0.25) is 4.79 Å². The highest BCUT2D eigenvalue weighted by Crippen LogP contribution is 2.48. The lowest BCUT2D eigenvalue weighted by atomic mass is 9.87. The SMILES string of the molecule is COc1c(CC=C(C)C)c(O)c2c(c1C(=O)/C=C/c1ccc(O)cc1)OC(C)(C)CC2. The van der Waals surface area contributed by atoms with Gasteiger partial charge in [-0.15, -0.1) is 0 Å². The molecule has 1 heterocycles. The second-order valence-corrected chi connectivity index (χ2v) is 8.68. The van der Waals surface area contributed by atoms with E-state index < -0.39 is 5.60 Å². The molecule has 0 radical (unpaired) electrons. The average Bonchev–Trinajstić information content (AvgIpc) is 2.71. The van der Waals surface area contributed by atoms with Gasteiger partial charge in [0, 0.05) is 11.1 Å². The molecule has 5 heteroatoms. The van der Waals surface area contributed by atoms with E-state index in [4.69, 9.17) is 9.47 Å². The molecule has 1 aliphatic rings. The highest BCUT2D eigenvalue weighted by atomic mass is 16.5. The van der Waals surface area contributed by atoms with Gasteiger partial charge in [0.2, 0.25) is 0 Å². The third-order valence-electron chi connectivity index (χ3n) is 5.41. The maximum atomic E-state index is 13.4. The van der Waals surface area contributed by atoms with Crippen molar-refractivity contribution >= 4 is 11.9 Å². The Hall–Kier alpha value is -3.21. The number of methoxy groups -OCH3 is 1. The van der Waals surface area contributed by atoms with Crippen molar-refractivity contribution in [2.45, 2.75) is 52.6 Å². The highest BCUT2D eigenvalue weighted by molar-refractivity contribution is 6.11. The minimum Gasteiger partial charge on any atom is -0.508 e. The fourth-order valence-electron chi connectivity index (χ4n) is 3.69. The molecule has 0 saturated heterocycles. The number of phenols is 2. The second kappa shape index (κ2) is 8.88. The number of ether oxygens (including phenoxy) is 2. The molecule has 3 rings (SSSR count). The predicted octanol–water partition coefficient (Wildman–Crippen LogP) is 5.61. The number of benzene rings is 2. The van der Waals surface area contributed by atoms with Crippen molar-refractivity contribution < 1.29 is 24.5 Å². The number of hydrogen-bond donors (Lipinski definition) is 2. The van der Waals surface area contributed by atoms with Gasteiger partial charge in [-0.1, -0.05) is 29.9 Å². The zero-order chi connectivity index (χ0) is 22.8. The van der Waals surface area contributed by atoms with Gasteiger partial charge in [0.15, 0.2) is 5.78 Å². The van der Waals surface area contributed by atoms with Crippen LogP contribution in [-0.4, -0.2) is 28.7 Å². The van der Waals surface area contributed by atoms with E-state index in [1.807, 2.05) is 33.8 Å². The monoisotopic (exact) mass is 422 g/mol. The molecule has 0 spiro atoms. The molecule has 0 atom stereocenters. The Morgan fingerprint density at radius 1 is 1.19 bits per heavy atom. The third-order valence-corrected chi connectivity index (χ3v) is 5.41. The summed E-state index contributed by atoms with van der Waals surface area (Å²) in [6.45, 7) is 7.91. The predicted molar refractivity (Wildman–Crippen MR) is 122 cm³/mol. The lowest BCUT2D eigenvalue weighted by molar-refractivity contribution is 0.0799. The normalized spacial score (nSPS) is 14.6. The van der Waals surface area contributed by atoms with Crippen LogP contribution in [0.3, 0.4) is 0 Å². The number of allylic oxidation sites excluding steroid dienone is 3. The molecule has 0 aliphatic carbocycles. The van der Waals surface area contributed by atoms with Crippen LogP contribution in [0.4, 0.5) is 0 Å². The number of fused-ring (bicyclic) bond motifs is 1. The maximum Gasteiger partial charge on any atom is 0.193 e. The molecule has 31 heavy (non-hydrogen) atoms. The molecular formula is C26H30O5. The van der Waals surface area contributed by atoms with E-state index in [1.54, 1.807) is 30.3 Å². The number of phenolic OH excluding ortho intramolecular Hbond substituents is 2. The maximum absolute atomic E-state index is 13.4. The molecule has 164 valence electrons. The minimum absolute atomic E-state index is 0.138. The van der Waals surface area contributed by atoms with Crippen molar-refractivity contribution in [3.63, 3.8) is 0 Å². The van der Waals surface area contributed by atoms with E-state index in [0.29, 0.717) is 41.0 Å². The molecule has 0 bridgehead atoms. The Labute approximate surface area is 183 Å². The lowest BCUT2D eigenvalue weighted by Crippen LogP contribution is -2.33. The molecule has 0 fully saturated rings. The summed E-state index contributed by atoms with van der Waals surface area (Å²) in [5.41, 5.74) is 3.00. The van der Waals surface area contributed by atoms with Gasteiger partial charge in [0.1, 0.15) is 34.2 Å². The number of ketones is 1. The summed E-state index contributed by atoms with van der Waals surface area (Å²) in [7, 11) is 1.50. The minimum atomic E-state index is -0.457. The summed E-state index contributed by atoms with van der Waals surface area (Å²) in [4.78, 5) is 13.4. The van der Waals surface area contributed by atoms with E-state index in [1.165, 1.54) is 13.2 Å². The number of aromatic hydroxyl groups is 2. The molecular weight excluding hydrogens is 392 g/mol. The second-order valence-electron chi connectivity index (χ2n) is 8.68. The molecule has 2 N–H and O–H groups in total. The van der Waals surface area contributed by atoms with Crippen molar-refractivity contribution in [2.75, 3.05) is 7.11 Å². The van der Waals surface area contributed by atoms with Crippen LogP contribution in [0, 0.1) is 0 Å². The highest BCUT2D eigenvalue weighted by Gasteiger charge is 2.35. The quantitative estimate of drug-likeness (QED) is 0.359. The molecule has 0 amide bonds. The standard InChI is InChI=1S/C26H30O5/c1-16(2)6-12-19-23(29)20-14-15-26(3,4)31-25(20)22(24(19)30-5)21(28)13-9-17-7-10-18(27)11-8-17/h6-11,13,27,29H,12,14-15H2,1-5H3/b13-9+. The average molecular weight is 423 g/mol. The molecule has 2 aromatic rings. The fraction of sp³-hybridized carbons (Fsp3) is 0.346. The van der Waals surface area contributed by atoms with E-state index in [2.05, 4.69) is 0 Å². The first-order chi connectivity index (χ1) is 14.6. The zero-order valence-electron chi connectivity index (χ0n) is 18.8. The first-order valence-electron chi connectivity index (χ1n) is 10.4. The van der Waals surface area contributed by atoms with Crippen molar-refractivity contribution in [2.24, 2.45) is 0 Å². The van der Waals surface area contributed by atoms with Crippen molar-refractivity contribution in [3.8, 4) is 23.0 Å². The van der Waals surface area contributed by atoms with Gasteiger partial charge < -0.3 is 19.7 Å². The third kappa shape index (κ3) is 4.93. The van der Waals surface area contributed by atoms with E-state index in [0.717, 1.165) is 17.6 Å². The number of hydrogen-bond acceptors (Lipinski definition) is 5. The van der Waals surface area contributed by atoms with E-state index in [9.17, 15) is 15.0 Å². The van der Waals surface area contributed by atoms with Crippen LogP contribution in [0.1, 0.15) is 61.2 Å². The van der Waals surface area contributed by atoms with Gasteiger partial charge in [0.25, 0.3) is 0 Å². The van der Waals surface area contributed by atoms with Crippen molar-refractivity contribution in [1.82, 2.24) is 0 Å². The summed E-state index contributed by atoms with van der Waals surface area (Å²) in [6, 6.07) is 6.58. The molecule has 5 nitrogen and oxygen atoms in total. The van der Waals surface area contributed by atoms with Crippen molar-refractivity contribution in [1.29, 1.82) is 0 Å². The molecule has 0 unspecified atom stereocenters. The van der Waals surface area contributed by atoms with Gasteiger partial charge in [-0.05, 0) is 70.7 Å². The first-order valence-corrected chi connectivity index (χ1v) is 10.4. The largest absolute Gasteiger partial charge is 0.508 e. The van der Waals surface area contributed by atoms with Gasteiger partial charge in [-0.25, -0.2) is 0 Å². The lowest BCUT2D eigenvalue weighted by Gasteiger charge is -2.35. The summed E-state index contributed by atoms with van der Waals surface area (Å²) in [6.07, 6.45) is 6.95. The van der Waals surface area contributed by atoms with Crippen LogP contribution in [0.15, 0.2) is 42.0 Å². The van der Waals surface area contributed by atoms with E-state index in [-0.39, 0.29) is 17.3 Å².